The molecule has 1 aliphatic heterocycles. The Balaban J connectivity index is 1.70. The summed E-state index contributed by atoms with van der Waals surface area (Å²) in [5, 5.41) is 0. The Morgan fingerprint density at radius 3 is 2.61 bits per heavy atom. The SMILES string of the molecule is O=C(CCl)N1c2cc(Cc3ccc(F)cc3)cnc2OCC1c1ccccc1. The lowest BCUT2D eigenvalue weighted by atomic mass is 10.0. The first kappa shape index (κ1) is 18.4. The predicted octanol–water partition coefficient (Wildman–Crippen LogP) is 4.52. The maximum absolute atomic E-state index is 13.1. The third-order valence-electron chi connectivity index (χ3n) is 4.73. The number of fused-ring (bicyclic) bond motifs is 1. The number of hydrogen-bond donors (Lipinski definition) is 0. The number of ether oxygens (including phenoxy) is 1. The second kappa shape index (κ2) is 7.98. The van der Waals surface area contributed by atoms with Gasteiger partial charge in [0.25, 0.3) is 0 Å². The van der Waals surface area contributed by atoms with E-state index in [1.807, 2.05) is 36.4 Å². The number of anilines is 1. The van der Waals surface area contributed by atoms with Crippen LogP contribution < -0.4 is 9.64 Å². The minimum absolute atomic E-state index is 0.134. The van der Waals surface area contributed by atoms with Crippen LogP contribution in [0, 0.1) is 5.82 Å². The molecule has 0 fully saturated rings. The van der Waals surface area contributed by atoms with E-state index < -0.39 is 0 Å². The number of pyridine rings is 1. The minimum Gasteiger partial charge on any atom is -0.474 e. The van der Waals surface area contributed by atoms with Gasteiger partial charge in [0.2, 0.25) is 11.8 Å². The van der Waals surface area contributed by atoms with Gasteiger partial charge in [-0.1, -0.05) is 42.5 Å². The summed E-state index contributed by atoms with van der Waals surface area (Å²) in [6.07, 6.45) is 2.29. The maximum atomic E-state index is 13.1. The number of benzene rings is 2. The third kappa shape index (κ3) is 3.71. The molecule has 1 atom stereocenters. The summed E-state index contributed by atoms with van der Waals surface area (Å²) in [7, 11) is 0. The lowest BCUT2D eigenvalue weighted by Crippen LogP contribution is -2.42. The summed E-state index contributed by atoms with van der Waals surface area (Å²) in [6, 6.07) is 17.7. The van der Waals surface area contributed by atoms with Gasteiger partial charge in [-0.2, -0.15) is 0 Å². The fourth-order valence-corrected chi connectivity index (χ4v) is 3.52. The first-order chi connectivity index (χ1) is 13.7. The number of carbonyl (C=O) groups excluding carboxylic acids is 1. The van der Waals surface area contributed by atoms with Gasteiger partial charge in [0.05, 0.1) is 6.04 Å². The second-order valence-corrected chi connectivity index (χ2v) is 6.87. The van der Waals surface area contributed by atoms with Crippen molar-refractivity contribution in [2.24, 2.45) is 0 Å². The Bertz CT molecular complexity index is 980. The molecule has 4 nitrogen and oxygen atoms in total. The van der Waals surface area contributed by atoms with Crippen LogP contribution in [0.4, 0.5) is 10.1 Å². The Morgan fingerprint density at radius 1 is 1.14 bits per heavy atom. The summed E-state index contributed by atoms with van der Waals surface area (Å²) in [5.74, 6) is -0.204. The first-order valence-corrected chi connectivity index (χ1v) is 9.48. The maximum Gasteiger partial charge on any atom is 0.242 e. The van der Waals surface area contributed by atoms with Crippen LogP contribution in [0.2, 0.25) is 0 Å². The molecular formula is C22H18ClFN2O2. The van der Waals surface area contributed by atoms with Gasteiger partial charge in [0, 0.05) is 6.20 Å². The number of hydrogen-bond acceptors (Lipinski definition) is 3. The quantitative estimate of drug-likeness (QED) is 0.609. The highest BCUT2D eigenvalue weighted by Gasteiger charge is 2.34. The first-order valence-electron chi connectivity index (χ1n) is 8.95. The highest BCUT2D eigenvalue weighted by Crippen LogP contribution is 2.39. The standard InChI is InChI=1S/C22H18ClFN2O2/c23-12-21(27)26-19-11-16(10-15-6-8-18(24)9-7-15)13-25-22(19)28-14-20(26)17-4-2-1-3-5-17/h1-9,11,13,20H,10,12,14H2. The van der Waals surface area contributed by atoms with Crippen LogP contribution in [0.3, 0.4) is 0 Å². The monoisotopic (exact) mass is 396 g/mol. The molecular weight excluding hydrogens is 379 g/mol. The lowest BCUT2D eigenvalue weighted by Gasteiger charge is -2.36. The van der Waals surface area contributed by atoms with Gasteiger partial charge in [0.1, 0.15) is 24.0 Å². The number of aromatic nitrogens is 1. The van der Waals surface area contributed by atoms with Crippen molar-refractivity contribution in [2.75, 3.05) is 17.4 Å². The highest BCUT2D eigenvalue weighted by atomic mass is 35.5. The number of alkyl halides is 1. The topological polar surface area (TPSA) is 42.4 Å². The van der Waals surface area contributed by atoms with Gasteiger partial charge in [-0.25, -0.2) is 9.37 Å². The van der Waals surface area contributed by atoms with Crippen molar-refractivity contribution in [3.8, 4) is 5.88 Å². The minimum atomic E-state index is -0.275. The van der Waals surface area contributed by atoms with E-state index in [9.17, 15) is 9.18 Å². The molecule has 0 saturated carbocycles. The average molecular weight is 397 g/mol. The van der Waals surface area contributed by atoms with E-state index in [2.05, 4.69) is 4.98 Å². The van der Waals surface area contributed by atoms with Crippen LogP contribution in [0.15, 0.2) is 66.9 Å². The number of carbonyl (C=O) groups is 1. The van der Waals surface area contributed by atoms with E-state index in [1.165, 1.54) is 12.1 Å². The zero-order valence-corrected chi connectivity index (χ0v) is 15.8. The van der Waals surface area contributed by atoms with Gasteiger partial charge in [-0.05, 0) is 41.3 Å². The van der Waals surface area contributed by atoms with Crippen molar-refractivity contribution in [3.05, 3.63) is 89.4 Å². The summed E-state index contributed by atoms with van der Waals surface area (Å²) in [4.78, 5) is 18.8. The van der Waals surface area contributed by atoms with Crippen molar-refractivity contribution in [1.29, 1.82) is 0 Å². The summed E-state index contributed by atoms with van der Waals surface area (Å²) in [5.41, 5.74) is 3.42. The summed E-state index contributed by atoms with van der Waals surface area (Å²) >= 11 is 5.90. The molecule has 0 radical (unpaired) electrons. The van der Waals surface area contributed by atoms with Gasteiger partial charge in [0.15, 0.2) is 0 Å². The molecule has 0 bridgehead atoms. The Kier molecular flexibility index (Phi) is 5.26. The number of halogens is 2. The van der Waals surface area contributed by atoms with Crippen molar-refractivity contribution in [3.63, 3.8) is 0 Å². The van der Waals surface area contributed by atoms with Crippen molar-refractivity contribution < 1.29 is 13.9 Å². The van der Waals surface area contributed by atoms with Gasteiger partial charge < -0.3 is 4.74 Å². The molecule has 1 aromatic heterocycles. The Labute approximate surface area is 167 Å². The Hall–Kier alpha value is -2.92. The molecule has 1 aliphatic rings. The molecule has 3 aromatic rings. The highest BCUT2D eigenvalue weighted by molar-refractivity contribution is 6.29. The zero-order chi connectivity index (χ0) is 19.5. The molecule has 0 spiro atoms. The molecule has 2 aromatic carbocycles. The molecule has 1 unspecified atom stereocenters. The van der Waals surface area contributed by atoms with E-state index in [0.29, 0.717) is 24.6 Å². The number of rotatable bonds is 4. The molecule has 4 rings (SSSR count). The number of nitrogens with zero attached hydrogens (tertiary/aromatic N) is 2. The van der Waals surface area contributed by atoms with Crippen molar-refractivity contribution in [1.82, 2.24) is 4.98 Å². The molecule has 28 heavy (non-hydrogen) atoms. The zero-order valence-electron chi connectivity index (χ0n) is 15.0. The molecule has 2 heterocycles. The van der Waals surface area contributed by atoms with Gasteiger partial charge >= 0.3 is 0 Å². The van der Waals surface area contributed by atoms with Crippen LogP contribution in [0.25, 0.3) is 0 Å². The van der Waals surface area contributed by atoms with E-state index >= 15 is 0 Å². The van der Waals surface area contributed by atoms with Crippen LogP contribution in [0.1, 0.15) is 22.7 Å². The Morgan fingerprint density at radius 2 is 1.89 bits per heavy atom. The van der Waals surface area contributed by atoms with Crippen LogP contribution >= 0.6 is 11.6 Å². The third-order valence-corrected chi connectivity index (χ3v) is 4.96. The van der Waals surface area contributed by atoms with Crippen molar-refractivity contribution >= 4 is 23.2 Å². The van der Waals surface area contributed by atoms with Crippen molar-refractivity contribution in [2.45, 2.75) is 12.5 Å². The summed E-state index contributed by atoms with van der Waals surface area (Å²) < 4.78 is 19.0. The van der Waals surface area contributed by atoms with E-state index in [4.69, 9.17) is 16.3 Å². The van der Waals surface area contributed by atoms with Crippen LogP contribution in [-0.2, 0) is 11.2 Å². The van der Waals surface area contributed by atoms with E-state index in [-0.39, 0.29) is 23.6 Å². The lowest BCUT2D eigenvalue weighted by molar-refractivity contribution is -0.117. The van der Waals surface area contributed by atoms with Gasteiger partial charge in [-0.15, -0.1) is 11.6 Å². The number of amides is 1. The van der Waals surface area contributed by atoms with E-state index in [0.717, 1.165) is 16.7 Å². The fourth-order valence-electron chi connectivity index (χ4n) is 3.39. The second-order valence-electron chi connectivity index (χ2n) is 6.61. The normalized spacial score (nSPS) is 15.6. The molecule has 0 N–H and O–H groups in total. The molecule has 0 aliphatic carbocycles. The molecule has 142 valence electrons. The smallest absolute Gasteiger partial charge is 0.242 e. The van der Waals surface area contributed by atoms with E-state index in [1.54, 1.807) is 23.2 Å². The average Bonchev–Trinajstić information content (AvgIpc) is 2.74. The molecule has 6 heteroatoms. The predicted molar refractivity (Wildman–Crippen MR) is 106 cm³/mol. The molecule has 0 saturated heterocycles. The van der Waals surface area contributed by atoms with Gasteiger partial charge in [-0.3, -0.25) is 9.69 Å². The summed E-state index contributed by atoms with van der Waals surface area (Å²) in [6.45, 7) is 0.309. The fraction of sp³-hybridized carbons (Fsp3) is 0.182. The molecule has 1 amide bonds. The van der Waals surface area contributed by atoms with Crippen LogP contribution in [-0.4, -0.2) is 23.4 Å². The largest absolute Gasteiger partial charge is 0.474 e. The van der Waals surface area contributed by atoms with Crippen LogP contribution in [0.5, 0.6) is 5.88 Å².